The molecule has 0 atom stereocenters. The highest BCUT2D eigenvalue weighted by atomic mass is 16.5. The van der Waals surface area contributed by atoms with E-state index in [1.807, 2.05) is 12.1 Å². The summed E-state index contributed by atoms with van der Waals surface area (Å²) in [5, 5.41) is 0. The standard InChI is InChI=1S/C14H18N2O3/c1-16(14(18)13(15)17)7-6-10-4-5-12-11(9-10)3-2-8-19-12/h4-5,9H,2-3,6-8H2,1H3,(H2,15,17). The largest absolute Gasteiger partial charge is 0.493 e. The fourth-order valence-electron chi connectivity index (χ4n) is 2.16. The van der Waals surface area contributed by atoms with E-state index in [1.165, 1.54) is 10.5 Å². The van der Waals surface area contributed by atoms with E-state index in [4.69, 9.17) is 10.5 Å². The molecule has 0 unspecified atom stereocenters. The molecular formula is C14H18N2O3. The second kappa shape index (κ2) is 5.73. The molecule has 19 heavy (non-hydrogen) atoms. The first-order valence-corrected chi connectivity index (χ1v) is 6.37. The van der Waals surface area contributed by atoms with E-state index in [9.17, 15) is 9.59 Å². The number of hydrogen-bond donors (Lipinski definition) is 1. The summed E-state index contributed by atoms with van der Waals surface area (Å²) in [5.74, 6) is -0.612. The number of nitrogens with zero attached hydrogens (tertiary/aromatic N) is 1. The second-order valence-electron chi connectivity index (χ2n) is 4.74. The van der Waals surface area contributed by atoms with Gasteiger partial charge in [0.1, 0.15) is 5.75 Å². The van der Waals surface area contributed by atoms with Crippen LogP contribution in [0.25, 0.3) is 0 Å². The summed E-state index contributed by atoms with van der Waals surface area (Å²) in [5.41, 5.74) is 7.30. The Balaban J connectivity index is 1.96. The summed E-state index contributed by atoms with van der Waals surface area (Å²) in [4.78, 5) is 23.4. The smallest absolute Gasteiger partial charge is 0.311 e. The maximum atomic E-state index is 11.3. The molecule has 0 fully saturated rings. The van der Waals surface area contributed by atoms with Crippen molar-refractivity contribution >= 4 is 11.8 Å². The van der Waals surface area contributed by atoms with Gasteiger partial charge in [-0.05, 0) is 36.5 Å². The molecule has 0 aliphatic carbocycles. The number of ether oxygens (including phenoxy) is 1. The number of aryl methyl sites for hydroxylation is 1. The number of carbonyl (C=O) groups excluding carboxylic acids is 2. The number of carbonyl (C=O) groups is 2. The quantitative estimate of drug-likeness (QED) is 0.806. The Morgan fingerprint density at radius 2 is 2.21 bits per heavy atom. The van der Waals surface area contributed by atoms with Crippen LogP contribution in [-0.4, -0.2) is 36.9 Å². The predicted molar refractivity (Wildman–Crippen MR) is 70.8 cm³/mol. The highest BCUT2D eigenvalue weighted by Gasteiger charge is 2.15. The Kier molecular flexibility index (Phi) is 4.04. The summed E-state index contributed by atoms with van der Waals surface area (Å²) in [6, 6.07) is 6.07. The van der Waals surface area contributed by atoms with Crippen LogP contribution in [0.15, 0.2) is 18.2 Å². The molecule has 1 aliphatic heterocycles. The maximum Gasteiger partial charge on any atom is 0.311 e. The first-order chi connectivity index (χ1) is 9.08. The highest BCUT2D eigenvalue weighted by molar-refractivity contribution is 6.34. The first kappa shape index (κ1) is 13.4. The number of likely N-dealkylation sites (N-methyl/N-ethyl adjacent to an activating group) is 1. The summed E-state index contributed by atoms with van der Waals surface area (Å²) >= 11 is 0. The van der Waals surface area contributed by atoms with Gasteiger partial charge in [-0.3, -0.25) is 9.59 Å². The van der Waals surface area contributed by atoms with E-state index in [1.54, 1.807) is 7.05 Å². The van der Waals surface area contributed by atoms with Gasteiger partial charge in [-0.25, -0.2) is 0 Å². The predicted octanol–water partition coefficient (Wildman–Crippen LogP) is 0.498. The lowest BCUT2D eigenvalue weighted by Gasteiger charge is -2.19. The molecule has 0 saturated carbocycles. The summed E-state index contributed by atoms with van der Waals surface area (Å²) in [7, 11) is 1.58. The molecule has 0 bridgehead atoms. The van der Waals surface area contributed by atoms with Crippen molar-refractivity contribution in [2.75, 3.05) is 20.2 Å². The van der Waals surface area contributed by atoms with Crippen molar-refractivity contribution in [2.45, 2.75) is 19.3 Å². The number of fused-ring (bicyclic) bond motifs is 1. The van der Waals surface area contributed by atoms with Crippen molar-refractivity contribution in [3.63, 3.8) is 0 Å². The Morgan fingerprint density at radius 1 is 1.42 bits per heavy atom. The topological polar surface area (TPSA) is 72.6 Å². The molecule has 0 spiro atoms. The average Bonchev–Trinajstić information content (AvgIpc) is 2.43. The van der Waals surface area contributed by atoms with Crippen LogP contribution in [0.5, 0.6) is 5.75 Å². The monoisotopic (exact) mass is 262 g/mol. The van der Waals surface area contributed by atoms with Crippen LogP contribution < -0.4 is 10.5 Å². The van der Waals surface area contributed by atoms with Crippen LogP contribution in [0.3, 0.4) is 0 Å². The first-order valence-electron chi connectivity index (χ1n) is 6.37. The van der Waals surface area contributed by atoms with Gasteiger partial charge in [0.05, 0.1) is 6.61 Å². The van der Waals surface area contributed by atoms with Gasteiger partial charge in [0.25, 0.3) is 0 Å². The van der Waals surface area contributed by atoms with Crippen molar-refractivity contribution in [2.24, 2.45) is 5.73 Å². The van der Waals surface area contributed by atoms with Crippen LogP contribution in [0.1, 0.15) is 17.5 Å². The van der Waals surface area contributed by atoms with Crippen LogP contribution in [0.2, 0.25) is 0 Å². The molecular weight excluding hydrogens is 244 g/mol. The van der Waals surface area contributed by atoms with Gasteiger partial charge >= 0.3 is 11.8 Å². The normalized spacial score (nSPS) is 13.3. The fourth-order valence-corrected chi connectivity index (χ4v) is 2.16. The number of primary amides is 1. The van der Waals surface area contributed by atoms with Crippen molar-refractivity contribution in [3.8, 4) is 5.75 Å². The van der Waals surface area contributed by atoms with Gasteiger partial charge in [-0.2, -0.15) is 0 Å². The van der Waals surface area contributed by atoms with Gasteiger partial charge in [0, 0.05) is 13.6 Å². The maximum absolute atomic E-state index is 11.3. The molecule has 0 saturated heterocycles. The van der Waals surface area contributed by atoms with E-state index < -0.39 is 11.8 Å². The lowest BCUT2D eigenvalue weighted by Crippen LogP contribution is -2.38. The second-order valence-corrected chi connectivity index (χ2v) is 4.74. The Hall–Kier alpha value is -2.04. The minimum absolute atomic E-state index is 0.474. The molecule has 2 amide bonds. The van der Waals surface area contributed by atoms with Crippen LogP contribution in [-0.2, 0) is 22.4 Å². The number of nitrogens with two attached hydrogens (primary N) is 1. The number of amides is 2. The van der Waals surface area contributed by atoms with E-state index >= 15 is 0 Å². The minimum Gasteiger partial charge on any atom is -0.493 e. The van der Waals surface area contributed by atoms with E-state index in [0.717, 1.165) is 30.8 Å². The lowest BCUT2D eigenvalue weighted by molar-refractivity contribution is -0.143. The van der Waals surface area contributed by atoms with Crippen molar-refractivity contribution in [3.05, 3.63) is 29.3 Å². The molecule has 102 valence electrons. The van der Waals surface area contributed by atoms with E-state index in [2.05, 4.69) is 6.07 Å². The molecule has 1 aromatic rings. The zero-order chi connectivity index (χ0) is 13.8. The average molecular weight is 262 g/mol. The molecule has 5 nitrogen and oxygen atoms in total. The molecule has 1 aliphatic rings. The van der Waals surface area contributed by atoms with Crippen molar-refractivity contribution in [1.82, 2.24) is 4.90 Å². The summed E-state index contributed by atoms with van der Waals surface area (Å²) in [6.07, 6.45) is 2.76. The summed E-state index contributed by atoms with van der Waals surface area (Å²) in [6.45, 7) is 1.25. The van der Waals surface area contributed by atoms with Crippen molar-refractivity contribution < 1.29 is 14.3 Å². The number of hydrogen-bond acceptors (Lipinski definition) is 3. The Labute approximate surface area is 112 Å². The molecule has 1 heterocycles. The van der Waals surface area contributed by atoms with Crippen LogP contribution in [0.4, 0.5) is 0 Å². The third kappa shape index (κ3) is 3.24. The zero-order valence-electron chi connectivity index (χ0n) is 11.0. The van der Waals surface area contributed by atoms with E-state index in [0.29, 0.717) is 13.0 Å². The van der Waals surface area contributed by atoms with Crippen LogP contribution >= 0.6 is 0 Å². The molecule has 1 aromatic carbocycles. The highest BCUT2D eigenvalue weighted by Crippen LogP contribution is 2.25. The minimum atomic E-state index is -0.915. The molecule has 0 aromatic heterocycles. The molecule has 5 heteroatoms. The van der Waals surface area contributed by atoms with Gasteiger partial charge in [-0.1, -0.05) is 12.1 Å². The molecule has 0 radical (unpaired) electrons. The molecule has 2 rings (SSSR count). The fraction of sp³-hybridized carbons (Fsp3) is 0.429. The van der Waals surface area contributed by atoms with E-state index in [-0.39, 0.29) is 0 Å². The third-order valence-corrected chi connectivity index (χ3v) is 3.27. The zero-order valence-corrected chi connectivity index (χ0v) is 11.0. The lowest BCUT2D eigenvalue weighted by atomic mass is 10.0. The third-order valence-electron chi connectivity index (χ3n) is 3.27. The van der Waals surface area contributed by atoms with Crippen molar-refractivity contribution in [1.29, 1.82) is 0 Å². The van der Waals surface area contributed by atoms with Crippen LogP contribution in [0, 0.1) is 0 Å². The Morgan fingerprint density at radius 3 is 2.95 bits per heavy atom. The van der Waals surface area contributed by atoms with Gasteiger partial charge in [0.2, 0.25) is 0 Å². The Bertz CT molecular complexity index is 499. The van der Waals surface area contributed by atoms with Gasteiger partial charge in [0.15, 0.2) is 0 Å². The number of rotatable bonds is 3. The van der Waals surface area contributed by atoms with Gasteiger partial charge < -0.3 is 15.4 Å². The number of benzene rings is 1. The summed E-state index contributed by atoms with van der Waals surface area (Å²) < 4.78 is 5.55. The van der Waals surface area contributed by atoms with Gasteiger partial charge in [-0.15, -0.1) is 0 Å². The SMILES string of the molecule is CN(CCc1ccc2c(c1)CCCO2)C(=O)C(N)=O. The molecule has 2 N–H and O–H groups in total.